The Labute approximate surface area is 158 Å². The quantitative estimate of drug-likeness (QED) is 0.752. The van der Waals surface area contributed by atoms with Crippen LogP contribution in [0.25, 0.3) is 0 Å². The summed E-state index contributed by atoms with van der Waals surface area (Å²) in [6.07, 6.45) is 0. The van der Waals surface area contributed by atoms with E-state index >= 15 is 0 Å². The van der Waals surface area contributed by atoms with E-state index in [1.54, 1.807) is 39.2 Å². The fraction of sp³-hybridized carbons (Fsp3) is 0.300. The van der Waals surface area contributed by atoms with Gasteiger partial charge in [-0.15, -0.1) is 0 Å². The maximum absolute atomic E-state index is 12.6. The van der Waals surface area contributed by atoms with Crippen molar-refractivity contribution in [1.82, 2.24) is 5.32 Å². The number of aryl methyl sites for hydroxylation is 1. The molecular formula is C20H23ClN2O3. The van der Waals surface area contributed by atoms with E-state index in [1.807, 2.05) is 31.2 Å². The summed E-state index contributed by atoms with van der Waals surface area (Å²) in [5.74, 6) is -0.0696. The number of amides is 2. The van der Waals surface area contributed by atoms with Crippen LogP contribution in [0, 0.1) is 12.3 Å². The van der Waals surface area contributed by atoms with Crippen molar-refractivity contribution in [2.45, 2.75) is 27.3 Å². The lowest BCUT2D eigenvalue weighted by molar-refractivity contribution is -0.138. The summed E-state index contributed by atoms with van der Waals surface area (Å²) in [6.45, 7) is 5.30. The molecule has 0 unspecified atom stereocenters. The average Bonchev–Trinajstić information content (AvgIpc) is 2.61. The van der Waals surface area contributed by atoms with E-state index in [-0.39, 0.29) is 18.4 Å². The minimum Gasteiger partial charge on any atom is -0.496 e. The average molecular weight is 375 g/mol. The van der Waals surface area contributed by atoms with Crippen molar-refractivity contribution in [2.24, 2.45) is 5.41 Å². The zero-order valence-electron chi connectivity index (χ0n) is 15.4. The number of ether oxygens (including phenoxy) is 1. The third-order valence-corrected chi connectivity index (χ3v) is 4.44. The largest absolute Gasteiger partial charge is 0.496 e. The fourth-order valence-electron chi connectivity index (χ4n) is 2.39. The second kappa shape index (κ2) is 8.23. The van der Waals surface area contributed by atoms with Gasteiger partial charge in [-0.3, -0.25) is 9.59 Å². The van der Waals surface area contributed by atoms with Crippen LogP contribution in [0.5, 0.6) is 5.75 Å². The summed E-state index contributed by atoms with van der Waals surface area (Å²) in [4.78, 5) is 25.2. The molecule has 0 aliphatic carbocycles. The smallest absolute Gasteiger partial charge is 0.239 e. The van der Waals surface area contributed by atoms with Crippen LogP contribution < -0.4 is 15.4 Å². The van der Waals surface area contributed by atoms with Crippen LogP contribution in [0.15, 0.2) is 42.5 Å². The van der Waals surface area contributed by atoms with E-state index in [2.05, 4.69) is 10.6 Å². The summed E-state index contributed by atoms with van der Waals surface area (Å²) >= 11 is 5.93. The molecule has 0 atom stereocenters. The number of benzene rings is 2. The Hall–Kier alpha value is -2.53. The van der Waals surface area contributed by atoms with Gasteiger partial charge in [0.05, 0.1) is 7.11 Å². The molecule has 0 saturated carbocycles. The zero-order chi connectivity index (χ0) is 19.3. The van der Waals surface area contributed by atoms with Crippen molar-refractivity contribution in [3.05, 3.63) is 58.6 Å². The third-order valence-electron chi connectivity index (χ3n) is 4.20. The van der Waals surface area contributed by atoms with E-state index in [0.717, 1.165) is 11.1 Å². The lowest BCUT2D eigenvalue weighted by atomic mass is 9.90. The Bertz CT molecular complexity index is 818. The molecule has 0 aromatic heterocycles. The molecule has 0 heterocycles. The van der Waals surface area contributed by atoms with Crippen LogP contribution in [0.4, 0.5) is 5.69 Å². The highest BCUT2D eigenvalue weighted by Gasteiger charge is 2.36. The highest BCUT2D eigenvalue weighted by Crippen LogP contribution is 2.24. The van der Waals surface area contributed by atoms with Gasteiger partial charge in [0.1, 0.15) is 11.2 Å². The Balaban J connectivity index is 2.05. The van der Waals surface area contributed by atoms with Gasteiger partial charge in [0.2, 0.25) is 11.8 Å². The van der Waals surface area contributed by atoms with Gasteiger partial charge in [-0.25, -0.2) is 0 Å². The molecule has 5 nitrogen and oxygen atoms in total. The number of hydrogen-bond donors (Lipinski definition) is 2. The standard InChI is InChI=1S/C20H23ClN2O3/c1-13-11-15(21)9-10-16(13)23-19(25)20(2,3)18(24)22-12-14-7-5-6-8-17(14)26-4/h5-11H,12H2,1-4H3,(H,22,24)(H,23,25). The SMILES string of the molecule is COc1ccccc1CNC(=O)C(C)(C)C(=O)Nc1ccc(Cl)cc1C. The molecule has 2 aromatic rings. The van der Waals surface area contributed by atoms with E-state index < -0.39 is 5.41 Å². The van der Waals surface area contributed by atoms with E-state index in [0.29, 0.717) is 16.5 Å². The molecule has 0 radical (unpaired) electrons. The molecule has 2 amide bonds. The Morgan fingerprint density at radius 3 is 2.46 bits per heavy atom. The molecule has 0 aliphatic rings. The maximum atomic E-state index is 12.6. The normalized spacial score (nSPS) is 11.0. The number of methoxy groups -OCH3 is 1. The van der Waals surface area contributed by atoms with Gasteiger partial charge in [0, 0.05) is 22.8 Å². The first kappa shape index (κ1) is 19.8. The number of rotatable bonds is 6. The predicted octanol–water partition coefficient (Wildman–Crippen LogP) is 3.94. The van der Waals surface area contributed by atoms with Crippen LogP contribution in [-0.2, 0) is 16.1 Å². The van der Waals surface area contributed by atoms with Crippen LogP contribution in [0.3, 0.4) is 0 Å². The van der Waals surface area contributed by atoms with E-state index in [1.165, 1.54) is 0 Å². The molecule has 138 valence electrons. The molecule has 2 rings (SSSR count). The second-order valence-electron chi connectivity index (χ2n) is 6.53. The molecule has 6 heteroatoms. The molecule has 0 spiro atoms. The molecule has 0 fully saturated rings. The summed E-state index contributed by atoms with van der Waals surface area (Å²) in [6, 6.07) is 12.6. The van der Waals surface area contributed by atoms with Crippen molar-refractivity contribution < 1.29 is 14.3 Å². The summed E-state index contributed by atoms with van der Waals surface area (Å²) < 4.78 is 5.27. The second-order valence-corrected chi connectivity index (χ2v) is 6.97. The first-order valence-corrected chi connectivity index (χ1v) is 8.61. The van der Waals surface area contributed by atoms with Crippen molar-refractivity contribution in [1.29, 1.82) is 0 Å². The third kappa shape index (κ3) is 4.55. The van der Waals surface area contributed by atoms with Crippen molar-refractivity contribution in [2.75, 3.05) is 12.4 Å². The van der Waals surface area contributed by atoms with Gasteiger partial charge in [-0.1, -0.05) is 29.8 Å². The van der Waals surface area contributed by atoms with Gasteiger partial charge in [-0.05, 0) is 50.6 Å². The van der Waals surface area contributed by atoms with Crippen LogP contribution in [-0.4, -0.2) is 18.9 Å². The number of para-hydroxylation sites is 1. The number of carbonyl (C=O) groups excluding carboxylic acids is 2. The van der Waals surface area contributed by atoms with Gasteiger partial charge in [0.15, 0.2) is 0 Å². The Kier molecular flexibility index (Phi) is 6.27. The molecule has 0 aliphatic heterocycles. The van der Waals surface area contributed by atoms with Gasteiger partial charge >= 0.3 is 0 Å². The lowest BCUT2D eigenvalue weighted by Gasteiger charge is -2.23. The highest BCUT2D eigenvalue weighted by molar-refractivity contribution is 6.30. The lowest BCUT2D eigenvalue weighted by Crippen LogP contribution is -2.45. The van der Waals surface area contributed by atoms with Crippen LogP contribution in [0.1, 0.15) is 25.0 Å². The summed E-state index contributed by atoms with van der Waals surface area (Å²) in [5, 5.41) is 6.19. The molecule has 0 bridgehead atoms. The fourth-order valence-corrected chi connectivity index (χ4v) is 2.62. The van der Waals surface area contributed by atoms with Gasteiger partial charge < -0.3 is 15.4 Å². The number of nitrogens with one attached hydrogen (secondary N) is 2. The van der Waals surface area contributed by atoms with Crippen LogP contribution >= 0.6 is 11.6 Å². The summed E-state index contributed by atoms with van der Waals surface area (Å²) in [7, 11) is 1.58. The monoisotopic (exact) mass is 374 g/mol. The minimum atomic E-state index is -1.24. The maximum Gasteiger partial charge on any atom is 0.239 e. The number of hydrogen-bond acceptors (Lipinski definition) is 3. The minimum absolute atomic E-state index is 0.277. The Morgan fingerprint density at radius 1 is 1.12 bits per heavy atom. The highest BCUT2D eigenvalue weighted by atomic mass is 35.5. The van der Waals surface area contributed by atoms with Gasteiger partial charge in [-0.2, -0.15) is 0 Å². The molecule has 2 aromatic carbocycles. The van der Waals surface area contributed by atoms with Crippen molar-refractivity contribution >= 4 is 29.1 Å². The molecule has 0 saturated heterocycles. The van der Waals surface area contributed by atoms with Crippen LogP contribution in [0.2, 0.25) is 5.02 Å². The number of halogens is 1. The van der Waals surface area contributed by atoms with Crippen molar-refractivity contribution in [3.8, 4) is 5.75 Å². The summed E-state index contributed by atoms with van der Waals surface area (Å²) in [5.41, 5.74) is 1.06. The molecular weight excluding hydrogens is 352 g/mol. The first-order valence-electron chi connectivity index (χ1n) is 8.23. The number of anilines is 1. The zero-order valence-corrected chi connectivity index (χ0v) is 16.1. The van der Waals surface area contributed by atoms with Crippen molar-refractivity contribution in [3.63, 3.8) is 0 Å². The molecule has 2 N–H and O–H groups in total. The number of carbonyl (C=O) groups is 2. The van der Waals surface area contributed by atoms with E-state index in [9.17, 15) is 9.59 Å². The Morgan fingerprint density at radius 2 is 1.81 bits per heavy atom. The first-order chi connectivity index (χ1) is 12.3. The van der Waals surface area contributed by atoms with E-state index in [4.69, 9.17) is 16.3 Å². The molecule has 26 heavy (non-hydrogen) atoms. The van der Waals surface area contributed by atoms with Gasteiger partial charge in [0.25, 0.3) is 0 Å². The predicted molar refractivity (Wildman–Crippen MR) is 103 cm³/mol. The topological polar surface area (TPSA) is 67.4 Å².